The highest BCUT2D eigenvalue weighted by Gasteiger charge is 2.26. The van der Waals surface area contributed by atoms with Crippen LogP contribution in [0.25, 0.3) is 0 Å². The maximum Gasteiger partial charge on any atom is 0.344 e. The number of hydrogen-bond donors (Lipinski definition) is 0. The van der Waals surface area contributed by atoms with Crippen molar-refractivity contribution in [1.29, 1.82) is 0 Å². The first-order valence-corrected chi connectivity index (χ1v) is 27.0. The van der Waals surface area contributed by atoms with Crippen molar-refractivity contribution >= 4 is 46.6 Å². The van der Waals surface area contributed by atoms with E-state index in [0.29, 0.717) is 115 Å². The Morgan fingerprint density at radius 3 is 0.866 bits per heavy atom. The number of benzene rings is 6. The van der Waals surface area contributed by atoms with E-state index in [0.717, 1.165) is 11.1 Å². The largest absolute Gasteiger partial charge is 0.497 e. The van der Waals surface area contributed by atoms with Crippen LogP contribution in [0.5, 0.6) is 34.5 Å². The summed E-state index contributed by atoms with van der Waals surface area (Å²) in [4.78, 5) is 53.1. The van der Waals surface area contributed by atoms with Crippen LogP contribution in [0.2, 0.25) is 0 Å². The topological polar surface area (TPSA) is 210 Å². The van der Waals surface area contributed by atoms with Crippen molar-refractivity contribution in [2.75, 3.05) is 67.1 Å². The van der Waals surface area contributed by atoms with Crippen LogP contribution >= 0.6 is 0 Å². The van der Waals surface area contributed by atoms with Crippen molar-refractivity contribution < 1.29 is 66.5 Å². The predicted molar refractivity (Wildman–Crippen MR) is 308 cm³/mol. The number of fused-ring (bicyclic) bond motifs is 8. The number of nitrogens with zero attached hydrogens (tertiary/aromatic N) is 4. The molecule has 0 heterocycles. The highest BCUT2D eigenvalue weighted by atomic mass is 16.6. The summed E-state index contributed by atoms with van der Waals surface area (Å²) in [6.07, 6.45) is 4.72. The zero-order valence-electron chi connectivity index (χ0n) is 47.2. The average Bonchev–Trinajstić information content (AvgIpc) is 3.18. The smallest absolute Gasteiger partial charge is 0.344 e. The van der Waals surface area contributed by atoms with Gasteiger partial charge in [-0.05, 0) is 147 Å². The zero-order chi connectivity index (χ0) is 58.4. The van der Waals surface area contributed by atoms with Gasteiger partial charge in [-0.3, -0.25) is 0 Å². The molecule has 0 atom stereocenters. The van der Waals surface area contributed by atoms with Crippen LogP contribution in [0, 0.1) is 0 Å². The van der Waals surface area contributed by atoms with E-state index in [1.165, 1.54) is 0 Å². The highest BCUT2D eigenvalue weighted by molar-refractivity contribution is 5.74. The van der Waals surface area contributed by atoms with Crippen LogP contribution < -0.4 is 28.4 Å². The highest BCUT2D eigenvalue weighted by Crippen LogP contribution is 2.43. The molecule has 7 rings (SSSR count). The molecule has 0 unspecified atom stereocenters. The monoisotopic (exact) mass is 1120 g/mol. The summed E-state index contributed by atoms with van der Waals surface area (Å²) in [6, 6.07) is 29.4. The minimum atomic E-state index is -0.600. The zero-order valence-corrected chi connectivity index (χ0v) is 47.2. The Balaban J connectivity index is 1.60. The molecule has 0 fully saturated rings. The molecule has 18 nitrogen and oxygen atoms in total. The summed E-state index contributed by atoms with van der Waals surface area (Å²) in [5.41, 5.74) is 8.29. The summed E-state index contributed by atoms with van der Waals surface area (Å²) in [5, 5.41) is 18.8. The minimum Gasteiger partial charge on any atom is -0.497 e. The molecule has 0 saturated carbocycles. The van der Waals surface area contributed by atoms with Gasteiger partial charge in [-0.25, -0.2) is 19.2 Å². The van der Waals surface area contributed by atoms with Crippen molar-refractivity contribution in [3.63, 3.8) is 0 Å². The van der Waals surface area contributed by atoms with Gasteiger partial charge in [0.25, 0.3) is 0 Å². The maximum atomic E-state index is 13.3. The van der Waals surface area contributed by atoms with Crippen molar-refractivity contribution in [3.8, 4) is 34.5 Å². The second-order valence-corrected chi connectivity index (χ2v) is 18.5. The van der Waals surface area contributed by atoms with Crippen molar-refractivity contribution in [2.24, 2.45) is 20.5 Å². The van der Waals surface area contributed by atoms with Gasteiger partial charge < -0.3 is 47.4 Å². The molecular weight excluding hydrogens is 1050 g/mol. The summed E-state index contributed by atoms with van der Waals surface area (Å²) < 4.78 is 58.7. The van der Waals surface area contributed by atoms with Crippen molar-refractivity contribution in [2.45, 2.75) is 66.2 Å². The average molecular weight is 1120 g/mol. The maximum absolute atomic E-state index is 13.3. The normalized spacial score (nSPS) is 11.8. The van der Waals surface area contributed by atoms with Gasteiger partial charge in [0.15, 0.2) is 26.4 Å². The molecule has 0 amide bonds. The Morgan fingerprint density at radius 1 is 0.390 bits per heavy atom. The molecule has 8 bridgehead atoms. The number of allylic oxidation sites excluding steroid dienone is 2. The number of hydrogen-bond acceptors (Lipinski definition) is 18. The van der Waals surface area contributed by atoms with Gasteiger partial charge >= 0.3 is 23.9 Å². The Kier molecular flexibility index (Phi) is 22.3. The first-order valence-electron chi connectivity index (χ1n) is 27.0. The van der Waals surface area contributed by atoms with Crippen molar-refractivity contribution in [3.05, 3.63) is 178 Å². The third-order valence-corrected chi connectivity index (χ3v) is 12.6. The molecule has 82 heavy (non-hydrogen) atoms. The van der Waals surface area contributed by atoms with E-state index < -0.39 is 50.3 Å². The number of ether oxygens (including phenoxy) is 10. The van der Waals surface area contributed by atoms with Gasteiger partial charge in [0.1, 0.15) is 34.5 Å². The fourth-order valence-corrected chi connectivity index (χ4v) is 9.29. The lowest BCUT2D eigenvalue weighted by molar-refractivity contribution is -0.146. The van der Waals surface area contributed by atoms with E-state index in [4.69, 9.17) is 57.6 Å². The first kappa shape index (κ1) is 60.3. The number of methoxy groups -OCH3 is 2. The van der Waals surface area contributed by atoms with Crippen molar-refractivity contribution in [1.82, 2.24) is 0 Å². The van der Waals surface area contributed by atoms with E-state index in [1.807, 2.05) is 48.5 Å². The molecular formula is C64H68N4O14. The Bertz CT molecular complexity index is 2980. The lowest BCUT2D eigenvalue weighted by Gasteiger charge is -2.24. The molecule has 0 saturated heterocycles. The van der Waals surface area contributed by atoms with Gasteiger partial charge in [0.2, 0.25) is 0 Å². The van der Waals surface area contributed by atoms with Crippen LogP contribution in [-0.2, 0) is 76.7 Å². The number of rotatable bonds is 26. The Labute approximate surface area is 477 Å². The van der Waals surface area contributed by atoms with Gasteiger partial charge in [0, 0.05) is 47.9 Å². The predicted octanol–water partition coefficient (Wildman–Crippen LogP) is 12.4. The van der Waals surface area contributed by atoms with E-state index >= 15 is 0 Å². The number of esters is 4. The molecule has 18 heteroatoms. The van der Waals surface area contributed by atoms with Crippen LogP contribution in [-0.4, -0.2) is 91.0 Å². The third kappa shape index (κ3) is 16.9. The summed E-state index contributed by atoms with van der Waals surface area (Å²) in [6.45, 7) is 13.7. The molecule has 6 aromatic rings. The summed E-state index contributed by atoms with van der Waals surface area (Å²) in [5.74, 6) is 0.232. The molecule has 1 aliphatic carbocycles. The molecule has 1 aliphatic rings. The Hall–Kier alpha value is -9.32. The Morgan fingerprint density at radius 2 is 0.634 bits per heavy atom. The van der Waals surface area contributed by atoms with Crippen LogP contribution in [0.4, 0.5) is 22.7 Å². The van der Waals surface area contributed by atoms with Crippen LogP contribution in [0.1, 0.15) is 83.3 Å². The second-order valence-electron chi connectivity index (χ2n) is 18.5. The second kappa shape index (κ2) is 30.3. The first-order chi connectivity index (χ1) is 39.9. The van der Waals surface area contributed by atoms with Crippen LogP contribution in [0.3, 0.4) is 0 Å². The van der Waals surface area contributed by atoms with Crippen LogP contribution in [0.15, 0.2) is 143 Å². The molecule has 0 aromatic heterocycles. The van der Waals surface area contributed by atoms with E-state index in [9.17, 15) is 19.2 Å². The lowest BCUT2D eigenvalue weighted by Crippen LogP contribution is -2.18. The number of carbonyl (C=O) groups is 4. The summed E-state index contributed by atoms with van der Waals surface area (Å²) >= 11 is 0. The van der Waals surface area contributed by atoms with Gasteiger partial charge in [0.05, 0.1) is 63.4 Å². The van der Waals surface area contributed by atoms with Gasteiger partial charge in [-0.1, -0.05) is 36.4 Å². The summed E-state index contributed by atoms with van der Waals surface area (Å²) in [7, 11) is 3.16. The fraction of sp³-hybridized carbons (Fsp3) is 0.312. The quantitative estimate of drug-likeness (QED) is 0.0214. The number of carbonyl (C=O) groups excluding carboxylic acids is 4. The minimum absolute atomic E-state index is 0.0781. The number of azo groups is 2. The lowest BCUT2D eigenvalue weighted by atomic mass is 9.88. The van der Waals surface area contributed by atoms with Gasteiger partial charge in [-0.2, -0.15) is 20.5 Å². The molecule has 0 spiro atoms. The fourth-order valence-electron chi connectivity index (χ4n) is 9.29. The van der Waals surface area contributed by atoms with Gasteiger partial charge in [-0.15, -0.1) is 13.2 Å². The van der Waals surface area contributed by atoms with E-state index in [2.05, 4.69) is 23.4 Å². The molecule has 0 radical (unpaired) electrons. The SMILES string of the molecule is C=CCc1cc2c(OCC(=O)OCC)c(c1)Cc1cc(N=Nc3ccc(OC)cc3)cc(c1OCC(=O)OCC)Cc1cc(CC=C)cc(c1OCC(=O)OCC)Cc1cc(N=Nc3ccc(OC)cc3)cc(c1OCC(=O)OCC)C2. The standard InChI is InChI=1S/C64H68N4O14/c1-9-15-41-25-43-29-47-33-53(67-65-51-17-21-55(73-7)22-18-51)35-49(63(47)81-39-59(71)77-13-5)31-45-27-42(16-10-2)28-46(62(45)80-38-58(70)76-12-4)32-50-36-54(68-66-52-19-23-56(74-8)24-20-52)34-48(64(50)82-40-60(72)78-14-6)30-44(26-41)61(43)79-37-57(69)75-11-3/h9-10,17-28,33-36H,1-2,11-16,29-32,37-40H2,3-8H3. The van der Waals surface area contributed by atoms with E-state index in [1.54, 1.807) is 103 Å². The van der Waals surface area contributed by atoms with E-state index in [-0.39, 0.29) is 52.1 Å². The third-order valence-electron chi connectivity index (χ3n) is 12.6. The molecule has 428 valence electrons. The molecule has 6 aromatic carbocycles. The molecule has 0 N–H and O–H groups in total. The molecule has 0 aliphatic heterocycles.